The number of esters is 1. The van der Waals surface area contributed by atoms with Crippen molar-refractivity contribution in [3.05, 3.63) is 71.1 Å². The quantitative estimate of drug-likeness (QED) is 0.394. The lowest BCUT2D eigenvalue weighted by Gasteiger charge is -2.21. The van der Waals surface area contributed by atoms with E-state index in [-0.39, 0.29) is 17.8 Å². The van der Waals surface area contributed by atoms with E-state index in [9.17, 15) is 4.79 Å². The van der Waals surface area contributed by atoms with Crippen molar-refractivity contribution in [2.45, 2.75) is 52.4 Å². The Balaban J connectivity index is 1.38. The fraction of sp³-hybridized carbons (Fsp3) is 0.407. The molecule has 168 valence electrons. The first-order valence-electron chi connectivity index (χ1n) is 11.5. The maximum Gasteiger partial charge on any atom is 0.309 e. The van der Waals surface area contributed by atoms with Gasteiger partial charge in [0, 0.05) is 12.0 Å². The monoisotopic (exact) mass is 433 g/mol. The Morgan fingerprint density at radius 2 is 2.00 bits per heavy atom. The lowest BCUT2D eigenvalue weighted by atomic mass is 9.85. The molecule has 0 saturated heterocycles. The molecule has 4 rings (SSSR count). The molecule has 0 spiro atoms. The molecule has 5 heteroatoms. The highest BCUT2D eigenvalue weighted by Crippen LogP contribution is 2.41. The Morgan fingerprint density at radius 3 is 2.75 bits per heavy atom. The van der Waals surface area contributed by atoms with Crippen LogP contribution in [0.1, 0.15) is 55.2 Å². The molecule has 0 saturated carbocycles. The molecule has 32 heavy (non-hydrogen) atoms. The summed E-state index contributed by atoms with van der Waals surface area (Å²) in [5.41, 5.74) is 4.44. The number of nitrogens with zero attached hydrogens (tertiary/aromatic N) is 1. The Hall–Kier alpha value is -3.08. The average Bonchev–Trinajstić information content (AvgIpc) is 3.39. The zero-order chi connectivity index (χ0) is 22.5. The van der Waals surface area contributed by atoms with Crippen molar-refractivity contribution in [1.82, 2.24) is 4.98 Å². The first kappa shape index (κ1) is 22.1. The van der Waals surface area contributed by atoms with Crippen molar-refractivity contribution in [2.24, 2.45) is 5.92 Å². The molecule has 0 N–H and O–H groups in total. The number of oxazole rings is 1. The van der Waals surface area contributed by atoms with Crippen molar-refractivity contribution in [3.63, 3.8) is 0 Å². The van der Waals surface area contributed by atoms with Crippen molar-refractivity contribution in [2.75, 3.05) is 13.2 Å². The van der Waals surface area contributed by atoms with Crippen molar-refractivity contribution in [3.8, 4) is 17.2 Å². The summed E-state index contributed by atoms with van der Waals surface area (Å²) < 4.78 is 17.2. The van der Waals surface area contributed by atoms with Gasteiger partial charge in [-0.15, -0.1) is 0 Å². The zero-order valence-electron chi connectivity index (χ0n) is 19.1. The molecule has 1 aliphatic rings. The van der Waals surface area contributed by atoms with Gasteiger partial charge in [-0.25, -0.2) is 4.98 Å². The van der Waals surface area contributed by atoms with Gasteiger partial charge in [0.05, 0.1) is 24.8 Å². The van der Waals surface area contributed by atoms with Gasteiger partial charge in [0.25, 0.3) is 0 Å². The molecule has 1 heterocycles. The number of hydrogen-bond donors (Lipinski definition) is 0. The van der Waals surface area contributed by atoms with Gasteiger partial charge < -0.3 is 13.9 Å². The minimum absolute atomic E-state index is 0.0723. The summed E-state index contributed by atoms with van der Waals surface area (Å²) in [5, 5.41) is 0. The average molecular weight is 434 g/mol. The number of fused-ring (bicyclic) bond motifs is 1. The Morgan fingerprint density at radius 1 is 1.19 bits per heavy atom. The molecule has 2 atom stereocenters. The number of carbonyl (C=O) groups is 1. The molecular weight excluding hydrogens is 402 g/mol. The number of benzene rings is 2. The van der Waals surface area contributed by atoms with Crippen molar-refractivity contribution < 1.29 is 18.7 Å². The van der Waals surface area contributed by atoms with Crippen molar-refractivity contribution in [1.29, 1.82) is 0 Å². The summed E-state index contributed by atoms with van der Waals surface area (Å²) in [5.74, 6) is 2.42. The third-order valence-electron chi connectivity index (χ3n) is 6.27. The SMILES string of the molecule is CCOC(=O)C(CC)C1CCc2cc(OCCc3nc(-c4ccccc4)oc3C)ccc21. The van der Waals surface area contributed by atoms with Crippen LogP contribution in [0.25, 0.3) is 11.5 Å². The van der Waals surface area contributed by atoms with Crippen LogP contribution in [-0.2, 0) is 22.4 Å². The molecule has 1 aliphatic carbocycles. The van der Waals surface area contributed by atoms with Gasteiger partial charge in [0.15, 0.2) is 0 Å². The molecule has 1 aromatic heterocycles. The minimum Gasteiger partial charge on any atom is -0.493 e. The van der Waals surface area contributed by atoms with Crippen LogP contribution in [0.4, 0.5) is 0 Å². The van der Waals surface area contributed by atoms with Crippen LogP contribution in [0.2, 0.25) is 0 Å². The third-order valence-corrected chi connectivity index (χ3v) is 6.27. The lowest BCUT2D eigenvalue weighted by molar-refractivity contribution is -0.149. The normalized spacial score (nSPS) is 15.9. The number of aromatic nitrogens is 1. The van der Waals surface area contributed by atoms with Gasteiger partial charge in [-0.1, -0.05) is 31.2 Å². The van der Waals surface area contributed by atoms with E-state index >= 15 is 0 Å². The summed E-state index contributed by atoms with van der Waals surface area (Å²) in [4.78, 5) is 17.0. The van der Waals surface area contributed by atoms with Crippen LogP contribution in [0.3, 0.4) is 0 Å². The van der Waals surface area contributed by atoms with E-state index in [2.05, 4.69) is 24.0 Å². The predicted octanol–water partition coefficient (Wildman–Crippen LogP) is 5.89. The second kappa shape index (κ2) is 10.0. The van der Waals surface area contributed by atoms with Gasteiger partial charge in [-0.3, -0.25) is 4.79 Å². The van der Waals surface area contributed by atoms with Crippen molar-refractivity contribution >= 4 is 5.97 Å². The molecule has 2 aromatic carbocycles. The molecular formula is C27H31NO4. The Labute approximate surface area is 189 Å². The van der Waals surface area contributed by atoms with Crippen LogP contribution in [-0.4, -0.2) is 24.2 Å². The number of aryl methyl sites for hydroxylation is 2. The second-order valence-electron chi connectivity index (χ2n) is 8.26. The Kier molecular flexibility index (Phi) is 6.93. The van der Waals surface area contributed by atoms with E-state index < -0.39 is 0 Å². The fourth-order valence-electron chi connectivity index (χ4n) is 4.63. The van der Waals surface area contributed by atoms with Crippen LogP contribution in [0, 0.1) is 12.8 Å². The highest BCUT2D eigenvalue weighted by atomic mass is 16.5. The first-order chi connectivity index (χ1) is 15.6. The summed E-state index contributed by atoms with van der Waals surface area (Å²) in [6.07, 6.45) is 3.43. The van der Waals surface area contributed by atoms with Gasteiger partial charge >= 0.3 is 5.97 Å². The second-order valence-corrected chi connectivity index (χ2v) is 8.26. The molecule has 0 radical (unpaired) electrons. The van der Waals surface area contributed by atoms with E-state index in [0.717, 1.165) is 42.0 Å². The van der Waals surface area contributed by atoms with Gasteiger partial charge in [-0.05, 0) is 74.4 Å². The molecule has 0 bridgehead atoms. The van der Waals surface area contributed by atoms with E-state index in [1.807, 2.05) is 50.2 Å². The van der Waals surface area contributed by atoms with Crippen LogP contribution >= 0.6 is 0 Å². The maximum absolute atomic E-state index is 12.4. The standard InChI is InChI=1S/C27H31NO4/c1-4-22(27(29)30-5-2)24-13-11-20-17-21(12-14-23(20)24)31-16-15-25-18(3)32-26(28-25)19-9-7-6-8-10-19/h6-10,12,14,17,22,24H,4-5,11,13,15-16H2,1-3H3. The van der Waals surface area contributed by atoms with Gasteiger partial charge in [-0.2, -0.15) is 0 Å². The molecule has 0 amide bonds. The molecule has 5 nitrogen and oxygen atoms in total. The third kappa shape index (κ3) is 4.72. The van der Waals surface area contributed by atoms with Gasteiger partial charge in [0.1, 0.15) is 11.5 Å². The largest absolute Gasteiger partial charge is 0.493 e. The topological polar surface area (TPSA) is 61.6 Å². The Bertz CT molecular complexity index is 1060. The molecule has 0 aliphatic heterocycles. The summed E-state index contributed by atoms with van der Waals surface area (Å²) in [6, 6.07) is 16.2. The summed E-state index contributed by atoms with van der Waals surface area (Å²) in [6.45, 7) is 6.83. The van der Waals surface area contributed by atoms with Crippen LogP contribution in [0.5, 0.6) is 5.75 Å². The fourth-order valence-corrected chi connectivity index (χ4v) is 4.63. The first-order valence-corrected chi connectivity index (χ1v) is 11.5. The molecule has 2 unspecified atom stereocenters. The summed E-state index contributed by atoms with van der Waals surface area (Å²) in [7, 11) is 0. The zero-order valence-corrected chi connectivity index (χ0v) is 19.1. The van der Waals surface area contributed by atoms with E-state index in [4.69, 9.17) is 13.9 Å². The number of hydrogen-bond acceptors (Lipinski definition) is 5. The van der Waals surface area contributed by atoms with E-state index in [1.54, 1.807) is 0 Å². The van der Waals surface area contributed by atoms with Crippen LogP contribution in [0.15, 0.2) is 52.9 Å². The summed E-state index contributed by atoms with van der Waals surface area (Å²) >= 11 is 0. The molecule has 0 fully saturated rings. The highest BCUT2D eigenvalue weighted by molar-refractivity contribution is 5.74. The maximum atomic E-state index is 12.4. The van der Waals surface area contributed by atoms with Gasteiger partial charge in [0.2, 0.25) is 5.89 Å². The minimum atomic E-state index is -0.0777. The smallest absolute Gasteiger partial charge is 0.309 e. The highest BCUT2D eigenvalue weighted by Gasteiger charge is 2.34. The predicted molar refractivity (Wildman–Crippen MR) is 124 cm³/mol. The number of carbonyl (C=O) groups excluding carboxylic acids is 1. The van der Waals surface area contributed by atoms with E-state index in [1.165, 1.54) is 11.1 Å². The number of ether oxygens (including phenoxy) is 2. The van der Waals surface area contributed by atoms with E-state index in [0.29, 0.717) is 25.5 Å². The molecule has 3 aromatic rings. The number of rotatable bonds is 9. The lowest BCUT2D eigenvalue weighted by Crippen LogP contribution is -2.23. The van der Waals surface area contributed by atoms with Crippen LogP contribution < -0.4 is 4.74 Å².